The molecule has 5 nitrogen and oxygen atoms in total. The molecule has 2 heterocycles. The number of aromatic amines is 1. The summed E-state index contributed by atoms with van der Waals surface area (Å²) in [6.45, 7) is 8.87. The summed E-state index contributed by atoms with van der Waals surface area (Å²) >= 11 is 0. The van der Waals surface area contributed by atoms with Gasteiger partial charge in [0.05, 0.1) is 17.6 Å². The number of benzene rings is 1. The van der Waals surface area contributed by atoms with Gasteiger partial charge >= 0.3 is 0 Å². The fourth-order valence-corrected chi connectivity index (χ4v) is 2.42. The molecule has 3 rings (SSSR count). The lowest BCUT2D eigenvalue weighted by molar-refractivity contribution is 0.766. The van der Waals surface area contributed by atoms with Crippen LogP contribution in [0.3, 0.4) is 0 Å². The van der Waals surface area contributed by atoms with Crippen LogP contribution in [0.1, 0.15) is 42.7 Å². The van der Waals surface area contributed by atoms with Crippen LogP contribution in [0.25, 0.3) is 11.0 Å². The molecule has 0 aliphatic rings. The molecular formula is C17H21N5. The van der Waals surface area contributed by atoms with Crippen molar-refractivity contribution in [3.8, 4) is 0 Å². The Morgan fingerprint density at radius 1 is 1.14 bits per heavy atom. The van der Waals surface area contributed by atoms with Crippen LogP contribution in [0, 0.1) is 13.8 Å². The van der Waals surface area contributed by atoms with Gasteiger partial charge in [-0.2, -0.15) is 0 Å². The molecule has 0 bridgehead atoms. The summed E-state index contributed by atoms with van der Waals surface area (Å²) in [5.41, 5.74) is 4.25. The van der Waals surface area contributed by atoms with Crippen LogP contribution in [-0.2, 0) is 6.54 Å². The lowest BCUT2D eigenvalue weighted by Gasteiger charge is -2.09. The maximum Gasteiger partial charge on any atom is 0.133 e. The first kappa shape index (κ1) is 14.5. The molecule has 2 aromatic heterocycles. The van der Waals surface area contributed by atoms with E-state index in [2.05, 4.69) is 52.1 Å². The molecule has 0 radical (unpaired) electrons. The molecule has 114 valence electrons. The number of aromatic nitrogens is 4. The first-order valence-corrected chi connectivity index (χ1v) is 7.56. The Kier molecular flexibility index (Phi) is 3.79. The number of H-pyrrole nitrogens is 1. The highest BCUT2D eigenvalue weighted by molar-refractivity contribution is 5.78. The molecule has 0 amide bonds. The van der Waals surface area contributed by atoms with Crippen molar-refractivity contribution in [3.05, 3.63) is 47.2 Å². The van der Waals surface area contributed by atoms with Crippen LogP contribution in [0.15, 0.2) is 24.3 Å². The molecule has 3 aromatic rings. The van der Waals surface area contributed by atoms with Crippen LogP contribution < -0.4 is 5.32 Å². The number of nitrogens with zero attached hydrogens (tertiary/aromatic N) is 3. The van der Waals surface area contributed by atoms with E-state index < -0.39 is 0 Å². The van der Waals surface area contributed by atoms with E-state index in [1.165, 1.54) is 5.56 Å². The second-order valence-corrected chi connectivity index (χ2v) is 5.92. The number of hydrogen-bond acceptors (Lipinski definition) is 4. The summed E-state index contributed by atoms with van der Waals surface area (Å²) in [5, 5.41) is 3.33. The maximum atomic E-state index is 4.65. The van der Waals surface area contributed by atoms with Crippen LogP contribution in [0.5, 0.6) is 0 Å². The fourth-order valence-electron chi connectivity index (χ4n) is 2.42. The SMILES string of the molecule is Cc1cc(NCc2nc3c(C)cccc3[nH]2)nc(C(C)C)n1. The van der Waals surface area contributed by atoms with Gasteiger partial charge in [-0.15, -0.1) is 0 Å². The highest BCUT2D eigenvalue weighted by atomic mass is 15.1. The average molecular weight is 295 g/mol. The van der Waals surface area contributed by atoms with Gasteiger partial charge < -0.3 is 10.3 Å². The summed E-state index contributed by atoms with van der Waals surface area (Å²) < 4.78 is 0. The first-order valence-electron chi connectivity index (χ1n) is 7.56. The van der Waals surface area contributed by atoms with E-state index in [9.17, 15) is 0 Å². The van der Waals surface area contributed by atoms with Gasteiger partial charge in [-0.1, -0.05) is 26.0 Å². The summed E-state index contributed by atoms with van der Waals surface area (Å²) in [5.74, 6) is 2.93. The molecule has 22 heavy (non-hydrogen) atoms. The Bertz CT molecular complexity index is 804. The van der Waals surface area contributed by atoms with E-state index in [1.807, 2.05) is 25.1 Å². The monoisotopic (exact) mass is 295 g/mol. The van der Waals surface area contributed by atoms with E-state index in [0.29, 0.717) is 12.5 Å². The summed E-state index contributed by atoms with van der Waals surface area (Å²) in [6, 6.07) is 8.11. The van der Waals surface area contributed by atoms with Gasteiger partial charge in [-0.3, -0.25) is 0 Å². The number of anilines is 1. The minimum atomic E-state index is 0.314. The molecule has 0 saturated heterocycles. The standard InChI is InChI=1S/C17H21N5/c1-10(2)17-19-12(4)8-14(22-17)18-9-15-20-13-7-5-6-11(3)16(13)21-15/h5-8,10H,9H2,1-4H3,(H,20,21)(H,18,19,22). The molecule has 0 atom stereocenters. The second-order valence-electron chi connectivity index (χ2n) is 5.92. The van der Waals surface area contributed by atoms with E-state index in [-0.39, 0.29) is 0 Å². The van der Waals surface area contributed by atoms with E-state index >= 15 is 0 Å². The highest BCUT2D eigenvalue weighted by Crippen LogP contribution is 2.17. The van der Waals surface area contributed by atoms with E-state index in [1.54, 1.807) is 0 Å². The third-order valence-electron chi connectivity index (χ3n) is 3.59. The molecule has 0 aliphatic carbocycles. The zero-order valence-corrected chi connectivity index (χ0v) is 13.4. The number of rotatable bonds is 4. The molecule has 0 aliphatic heterocycles. The van der Waals surface area contributed by atoms with Crippen LogP contribution in [-0.4, -0.2) is 19.9 Å². The number of nitrogens with one attached hydrogen (secondary N) is 2. The van der Waals surface area contributed by atoms with Gasteiger partial charge in [0.1, 0.15) is 17.5 Å². The van der Waals surface area contributed by atoms with Crippen molar-refractivity contribution in [3.63, 3.8) is 0 Å². The molecule has 5 heteroatoms. The number of para-hydroxylation sites is 1. The molecule has 0 fully saturated rings. The third-order valence-corrected chi connectivity index (χ3v) is 3.59. The van der Waals surface area contributed by atoms with Gasteiger partial charge in [0, 0.05) is 17.7 Å². The summed E-state index contributed by atoms with van der Waals surface area (Å²) in [4.78, 5) is 17.0. The largest absolute Gasteiger partial charge is 0.363 e. The van der Waals surface area contributed by atoms with Crippen molar-refractivity contribution < 1.29 is 0 Å². The highest BCUT2D eigenvalue weighted by Gasteiger charge is 2.08. The minimum absolute atomic E-state index is 0.314. The van der Waals surface area contributed by atoms with Crippen molar-refractivity contribution >= 4 is 16.9 Å². The third kappa shape index (κ3) is 2.93. The average Bonchev–Trinajstić information content (AvgIpc) is 2.89. The minimum Gasteiger partial charge on any atom is -0.363 e. The number of fused-ring (bicyclic) bond motifs is 1. The van der Waals surface area contributed by atoms with E-state index in [0.717, 1.165) is 34.2 Å². The lowest BCUT2D eigenvalue weighted by Crippen LogP contribution is -2.07. The van der Waals surface area contributed by atoms with Gasteiger partial charge in [-0.05, 0) is 25.5 Å². The topological polar surface area (TPSA) is 66.5 Å². The van der Waals surface area contributed by atoms with Gasteiger partial charge in [-0.25, -0.2) is 15.0 Å². The fraction of sp³-hybridized carbons (Fsp3) is 0.353. The normalized spacial score (nSPS) is 11.3. The first-order chi connectivity index (χ1) is 10.5. The van der Waals surface area contributed by atoms with E-state index in [4.69, 9.17) is 0 Å². The van der Waals surface area contributed by atoms with Crippen molar-refractivity contribution in [1.82, 2.24) is 19.9 Å². The summed E-state index contributed by atoms with van der Waals surface area (Å²) in [6.07, 6.45) is 0. The van der Waals surface area contributed by atoms with Crippen LogP contribution >= 0.6 is 0 Å². The van der Waals surface area contributed by atoms with Gasteiger partial charge in [0.25, 0.3) is 0 Å². The number of hydrogen-bond donors (Lipinski definition) is 2. The molecule has 1 aromatic carbocycles. The Balaban J connectivity index is 1.80. The zero-order chi connectivity index (χ0) is 15.7. The molecular weight excluding hydrogens is 274 g/mol. The predicted octanol–water partition coefficient (Wildman–Crippen LogP) is 3.71. The summed E-state index contributed by atoms with van der Waals surface area (Å²) in [7, 11) is 0. The quantitative estimate of drug-likeness (QED) is 0.770. The predicted molar refractivity (Wildman–Crippen MR) is 89.0 cm³/mol. The van der Waals surface area contributed by atoms with Crippen molar-refractivity contribution in [2.24, 2.45) is 0 Å². The van der Waals surface area contributed by atoms with Crippen molar-refractivity contribution in [2.45, 2.75) is 40.2 Å². The Morgan fingerprint density at radius 2 is 1.95 bits per heavy atom. The zero-order valence-electron chi connectivity index (χ0n) is 13.4. The molecule has 0 spiro atoms. The Labute approximate surface area is 130 Å². The number of aryl methyl sites for hydroxylation is 2. The van der Waals surface area contributed by atoms with Crippen molar-refractivity contribution in [2.75, 3.05) is 5.32 Å². The lowest BCUT2D eigenvalue weighted by atomic mass is 10.2. The van der Waals surface area contributed by atoms with Crippen LogP contribution in [0.4, 0.5) is 5.82 Å². The smallest absolute Gasteiger partial charge is 0.133 e. The molecule has 2 N–H and O–H groups in total. The Hall–Kier alpha value is -2.43. The molecule has 0 saturated carbocycles. The van der Waals surface area contributed by atoms with Crippen molar-refractivity contribution in [1.29, 1.82) is 0 Å². The maximum absolute atomic E-state index is 4.65. The molecule has 0 unspecified atom stereocenters. The number of imidazole rings is 1. The Morgan fingerprint density at radius 3 is 2.68 bits per heavy atom. The van der Waals surface area contributed by atoms with Gasteiger partial charge in [0.15, 0.2) is 0 Å². The second kappa shape index (κ2) is 5.75. The van der Waals surface area contributed by atoms with Gasteiger partial charge in [0.2, 0.25) is 0 Å². The van der Waals surface area contributed by atoms with Crippen LogP contribution in [0.2, 0.25) is 0 Å².